The molecule has 0 aliphatic carbocycles. The molecular formula is C20H31N3O3. The average molecular weight is 361 g/mol. The normalized spacial score (nSPS) is 15.7. The average Bonchev–Trinajstić information content (AvgIpc) is 2.66. The van der Waals surface area contributed by atoms with E-state index in [-0.39, 0.29) is 12.6 Å². The molecule has 1 fully saturated rings. The SMILES string of the molecule is CC(C)N1CCC(Oc2ccc(N(C)CCN(C=O)CC=O)cc2)CC1. The Morgan fingerprint density at radius 3 is 2.35 bits per heavy atom. The van der Waals surface area contributed by atoms with E-state index in [4.69, 9.17) is 4.74 Å². The second kappa shape index (κ2) is 10.2. The number of piperidine rings is 1. The Labute approximate surface area is 156 Å². The van der Waals surface area contributed by atoms with Crippen LogP contribution in [0.2, 0.25) is 0 Å². The maximum Gasteiger partial charge on any atom is 0.210 e. The molecule has 6 heteroatoms. The fraction of sp³-hybridized carbons (Fsp3) is 0.600. The Balaban J connectivity index is 1.80. The third-order valence-corrected chi connectivity index (χ3v) is 4.97. The first kappa shape index (κ1) is 20.2. The summed E-state index contributed by atoms with van der Waals surface area (Å²) >= 11 is 0. The molecule has 0 radical (unpaired) electrons. The Kier molecular flexibility index (Phi) is 7.91. The van der Waals surface area contributed by atoms with Crippen LogP contribution in [0.1, 0.15) is 26.7 Å². The van der Waals surface area contributed by atoms with Gasteiger partial charge in [0.15, 0.2) is 0 Å². The Bertz CT molecular complexity index is 554. The Morgan fingerprint density at radius 1 is 1.15 bits per heavy atom. The van der Waals surface area contributed by atoms with E-state index in [1.54, 1.807) is 0 Å². The lowest BCUT2D eigenvalue weighted by Gasteiger charge is -2.34. The van der Waals surface area contributed by atoms with Gasteiger partial charge >= 0.3 is 0 Å². The second-order valence-corrected chi connectivity index (χ2v) is 7.13. The van der Waals surface area contributed by atoms with Crippen LogP contribution in [0.5, 0.6) is 5.75 Å². The molecule has 6 nitrogen and oxygen atoms in total. The highest BCUT2D eigenvalue weighted by molar-refractivity contribution is 5.59. The number of likely N-dealkylation sites (tertiary alicyclic amines) is 1. The monoisotopic (exact) mass is 361 g/mol. The summed E-state index contributed by atoms with van der Waals surface area (Å²) in [5.74, 6) is 0.903. The lowest BCUT2D eigenvalue weighted by molar-refractivity contribution is -0.121. The van der Waals surface area contributed by atoms with Crippen molar-refractivity contribution in [1.29, 1.82) is 0 Å². The van der Waals surface area contributed by atoms with Crippen LogP contribution in [-0.4, -0.2) is 74.4 Å². The molecule has 1 aromatic rings. The van der Waals surface area contributed by atoms with Gasteiger partial charge < -0.3 is 24.2 Å². The summed E-state index contributed by atoms with van der Waals surface area (Å²) in [6.07, 6.45) is 3.88. The lowest BCUT2D eigenvalue weighted by atomic mass is 10.1. The fourth-order valence-corrected chi connectivity index (χ4v) is 3.17. The molecule has 0 spiro atoms. The number of hydrogen-bond donors (Lipinski definition) is 0. The summed E-state index contributed by atoms with van der Waals surface area (Å²) < 4.78 is 6.13. The van der Waals surface area contributed by atoms with Gasteiger partial charge in [-0.3, -0.25) is 4.79 Å². The van der Waals surface area contributed by atoms with E-state index in [1.165, 1.54) is 4.90 Å². The number of hydrogen-bond acceptors (Lipinski definition) is 5. The van der Waals surface area contributed by atoms with Gasteiger partial charge in [0.05, 0.1) is 6.54 Å². The molecule has 1 heterocycles. The number of anilines is 1. The highest BCUT2D eigenvalue weighted by atomic mass is 16.5. The maximum absolute atomic E-state index is 10.9. The Morgan fingerprint density at radius 2 is 1.81 bits per heavy atom. The first-order chi connectivity index (χ1) is 12.5. The highest BCUT2D eigenvalue weighted by Gasteiger charge is 2.21. The van der Waals surface area contributed by atoms with Gasteiger partial charge in [0.1, 0.15) is 18.1 Å². The molecule has 0 bridgehead atoms. The summed E-state index contributed by atoms with van der Waals surface area (Å²) in [6, 6.07) is 8.67. The molecule has 1 aliphatic heterocycles. The van der Waals surface area contributed by atoms with E-state index in [9.17, 15) is 9.59 Å². The maximum atomic E-state index is 10.9. The van der Waals surface area contributed by atoms with Crippen molar-refractivity contribution in [3.05, 3.63) is 24.3 Å². The van der Waals surface area contributed by atoms with E-state index in [0.29, 0.717) is 25.5 Å². The lowest BCUT2D eigenvalue weighted by Crippen LogP contribution is -2.41. The molecule has 26 heavy (non-hydrogen) atoms. The van der Waals surface area contributed by atoms with Crippen LogP contribution in [0.25, 0.3) is 0 Å². The van der Waals surface area contributed by atoms with E-state index >= 15 is 0 Å². The molecule has 0 atom stereocenters. The molecule has 0 unspecified atom stereocenters. The number of rotatable bonds is 10. The minimum atomic E-state index is 0.139. The van der Waals surface area contributed by atoms with Crippen molar-refractivity contribution in [2.75, 3.05) is 44.7 Å². The molecule has 2 rings (SSSR count). The quantitative estimate of drug-likeness (QED) is 0.597. The topological polar surface area (TPSA) is 53.1 Å². The molecule has 1 saturated heterocycles. The largest absolute Gasteiger partial charge is 0.490 e. The second-order valence-electron chi connectivity index (χ2n) is 7.13. The minimum absolute atomic E-state index is 0.139. The molecule has 0 N–H and O–H groups in total. The van der Waals surface area contributed by atoms with E-state index in [2.05, 4.69) is 23.6 Å². The van der Waals surface area contributed by atoms with Gasteiger partial charge in [0.25, 0.3) is 0 Å². The predicted molar refractivity (Wildman–Crippen MR) is 104 cm³/mol. The number of ether oxygens (including phenoxy) is 1. The minimum Gasteiger partial charge on any atom is -0.490 e. The highest BCUT2D eigenvalue weighted by Crippen LogP contribution is 2.23. The summed E-state index contributed by atoms with van der Waals surface area (Å²) in [6.45, 7) is 7.99. The number of amides is 1. The van der Waals surface area contributed by atoms with Crippen LogP contribution in [0.15, 0.2) is 24.3 Å². The zero-order valence-electron chi connectivity index (χ0n) is 16.1. The van der Waals surface area contributed by atoms with Gasteiger partial charge in [-0.15, -0.1) is 0 Å². The van der Waals surface area contributed by atoms with Gasteiger partial charge in [0.2, 0.25) is 6.41 Å². The first-order valence-corrected chi connectivity index (χ1v) is 9.38. The van der Waals surface area contributed by atoms with Crippen LogP contribution in [0.3, 0.4) is 0 Å². The number of nitrogens with zero attached hydrogens (tertiary/aromatic N) is 3. The number of benzene rings is 1. The van der Waals surface area contributed by atoms with Crippen LogP contribution in [0.4, 0.5) is 5.69 Å². The third-order valence-electron chi connectivity index (χ3n) is 4.97. The van der Waals surface area contributed by atoms with Crippen molar-refractivity contribution >= 4 is 18.4 Å². The van der Waals surface area contributed by atoms with Gasteiger partial charge in [-0.05, 0) is 51.0 Å². The van der Waals surface area contributed by atoms with Gasteiger partial charge in [0, 0.05) is 45.0 Å². The van der Waals surface area contributed by atoms with Crippen molar-refractivity contribution in [2.24, 2.45) is 0 Å². The summed E-state index contributed by atoms with van der Waals surface area (Å²) in [4.78, 5) is 27.4. The summed E-state index contributed by atoms with van der Waals surface area (Å²) in [5.41, 5.74) is 1.06. The summed E-state index contributed by atoms with van der Waals surface area (Å²) in [7, 11) is 1.97. The summed E-state index contributed by atoms with van der Waals surface area (Å²) in [5, 5.41) is 0. The van der Waals surface area contributed by atoms with Crippen LogP contribution in [-0.2, 0) is 9.59 Å². The zero-order chi connectivity index (χ0) is 18.9. The molecule has 0 aromatic heterocycles. The van der Waals surface area contributed by atoms with Gasteiger partial charge in [-0.1, -0.05) is 0 Å². The van der Waals surface area contributed by atoms with Crippen LogP contribution in [0, 0.1) is 0 Å². The van der Waals surface area contributed by atoms with Gasteiger partial charge in [-0.25, -0.2) is 0 Å². The zero-order valence-corrected chi connectivity index (χ0v) is 16.1. The molecule has 1 aliphatic rings. The third kappa shape index (κ3) is 6.02. The van der Waals surface area contributed by atoms with E-state index in [0.717, 1.165) is 43.7 Å². The van der Waals surface area contributed by atoms with Crippen molar-refractivity contribution in [2.45, 2.75) is 38.8 Å². The fourth-order valence-electron chi connectivity index (χ4n) is 3.17. The molecule has 144 valence electrons. The van der Waals surface area contributed by atoms with Crippen molar-refractivity contribution < 1.29 is 14.3 Å². The molecular weight excluding hydrogens is 330 g/mol. The van der Waals surface area contributed by atoms with E-state index in [1.807, 2.05) is 31.3 Å². The predicted octanol–water partition coefficient (Wildman–Crippen LogP) is 2.03. The number of carbonyl (C=O) groups is 2. The van der Waals surface area contributed by atoms with Crippen molar-refractivity contribution in [1.82, 2.24) is 9.80 Å². The standard InChI is InChI=1S/C20H31N3O3/c1-17(2)23-10-8-20(9-11-23)26-19-6-4-18(5-7-19)21(3)12-13-22(16-25)14-15-24/h4-7,15-17,20H,8-14H2,1-3H3. The number of aldehydes is 1. The molecule has 0 saturated carbocycles. The first-order valence-electron chi connectivity index (χ1n) is 9.38. The van der Waals surface area contributed by atoms with Crippen LogP contribution >= 0.6 is 0 Å². The van der Waals surface area contributed by atoms with Crippen molar-refractivity contribution in [3.8, 4) is 5.75 Å². The van der Waals surface area contributed by atoms with Gasteiger partial charge in [-0.2, -0.15) is 0 Å². The molecule has 1 amide bonds. The molecule has 1 aromatic carbocycles. The number of likely N-dealkylation sites (N-methyl/N-ethyl adjacent to an activating group) is 1. The van der Waals surface area contributed by atoms with Crippen LogP contribution < -0.4 is 9.64 Å². The van der Waals surface area contributed by atoms with E-state index < -0.39 is 0 Å². The number of carbonyl (C=O) groups excluding carboxylic acids is 2. The van der Waals surface area contributed by atoms with Crippen molar-refractivity contribution in [3.63, 3.8) is 0 Å². The smallest absolute Gasteiger partial charge is 0.210 e. The Hall–Kier alpha value is -2.08.